The van der Waals surface area contributed by atoms with E-state index in [-0.39, 0.29) is 12.4 Å². The maximum Gasteiger partial charge on any atom is 0.198 e. The van der Waals surface area contributed by atoms with Crippen LogP contribution in [0, 0.1) is 5.41 Å². The molecule has 0 aromatic heterocycles. The molecule has 1 N–H and O–H groups in total. The highest BCUT2D eigenvalue weighted by atomic mass is 35.5. The molecule has 104 valence electrons. The van der Waals surface area contributed by atoms with Crippen LogP contribution in [0.5, 0.6) is 0 Å². The largest absolute Gasteiger partial charge is 0.334 e. The van der Waals surface area contributed by atoms with Gasteiger partial charge in [-0.25, -0.2) is 0 Å². The molecule has 0 fully saturated rings. The van der Waals surface area contributed by atoms with Crippen molar-refractivity contribution in [3.8, 4) is 0 Å². The molecule has 0 bridgehead atoms. The fraction of sp³-hybridized carbons (Fsp3) is 0.188. The zero-order valence-electron chi connectivity index (χ0n) is 11.4. The summed E-state index contributed by atoms with van der Waals surface area (Å²) in [7, 11) is 1.96. The molecule has 1 heterocycles. The van der Waals surface area contributed by atoms with Gasteiger partial charge in [0.05, 0.1) is 0 Å². The third-order valence-electron chi connectivity index (χ3n) is 3.55. The molecule has 0 saturated carbocycles. The summed E-state index contributed by atoms with van der Waals surface area (Å²) in [4.78, 5) is 4.04. The lowest BCUT2D eigenvalue weighted by molar-refractivity contribution is 0.388. The lowest BCUT2D eigenvalue weighted by Gasteiger charge is -2.37. The van der Waals surface area contributed by atoms with Crippen molar-refractivity contribution in [2.45, 2.75) is 13.1 Å². The van der Waals surface area contributed by atoms with Gasteiger partial charge < -0.3 is 9.80 Å². The van der Waals surface area contributed by atoms with E-state index in [0.717, 1.165) is 18.8 Å². The molecule has 2 aromatic rings. The summed E-state index contributed by atoms with van der Waals surface area (Å²) in [5, 5.41) is 8.28. The predicted molar refractivity (Wildman–Crippen MR) is 85.5 cm³/mol. The zero-order chi connectivity index (χ0) is 13.2. The van der Waals surface area contributed by atoms with E-state index in [0.29, 0.717) is 5.96 Å². The summed E-state index contributed by atoms with van der Waals surface area (Å²) in [5.41, 5.74) is 3.65. The van der Waals surface area contributed by atoms with Gasteiger partial charge in [-0.3, -0.25) is 5.41 Å². The van der Waals surface area contributed by atoms with Crippen molar-refractivity contribution in [2.75, 3.05) is 11.9 Å². The number of hydrogen-bond acceptors (Lipinski definition) is 1. The number of benzene rings is 2. The third kappa shape index (κ3) is 2.63. The second kappa shape index (κ2) is 5.97. The second-order valence-corrected chi connectivity index (χ2v) is 4.85. The molecule has 0 amide bonds. The van der Waals surface area contributed by atoms with Crippen LogP contribution in [0.3, 0.4) is 0 Å². The Balaban J connectivity index is 0.00000147. The molecule has 1 aliphatic rings. The summed E-state index contributed by atoms with van der Waals surface area (Å²) in [6, 6.07) is 18.6. The van der Waals surface area contributed by atoms with E-state index in [1.165, 1.54) is 11.1 Å². The summed E-state index contributed by atoms with van der Waals surface area (Å²) in [6.07, 6.45) is 0. The van der Waals surface area contributed by atoms with Crippen LogP contribution in [-0.2, 0) is 13.1 Å². The van der Waals surface area contributed by atoms with Crippen LogP contribution in [0.2, 0.25) is 0 Å². The second-order valence-electron chi connectivity index (χ2n) is 4.85. The first kappa shape index (κ1) is 14.4. The molecule has 20 heavy (non-hydrogen) atoms. The highest BCUT2D eigenvalue weighted by Gasteiger charge is 2.24. The minimum atomic E-state index is 0. The standard InChI is InChI=1S/C16H17N3.ClH/c1-18-15-10-6-5-9-14(15)12-19(16(18)17)11-13-7-3-2-4-8-13;/h2-10,17H,11-12H2,1H3;1H. The average Bonchev–Trinajstić information content (AvgIpc) is 2.46. The number of hydrogen-bond donors (Lipinski definition) is 1. The van der Waals surface area contributed by atoms with E-state index in [1.54, 1.807) is 0 Å². The number of para-hydroxylation sites is 1. The maximum absolute atomic E-state index is 8.28. The number of nitrogens with zero attached hydrogens (tertiary/aromatic N) is 2. The summed E-state index contributed by atoms with van der Waals surface area (Å²) >= 11 is 0. The SMILES string of the molecule is CN1C(=N)N(Cc2ccccc2)Cc2ccccc21.Cl. The topological polar surface area (TPSA) is 30.3 Å². The van der Waals surface area contributed by atoms with Crippen molar-refractivity contribution in [1.82, 2.24) is 4.90 Å². The van der Waals surface area contributed by atoms with Gasteiger partial charge in [-0.1, -0.05) is 48.5 Å². The summed E-state index contributed by atoms with van der Waals surface area (Å²) in [6.45, 7) is 1.58. The lowest BCUT2D eigenvalue weighted by Crippen LogP contribution is -2.45. The molecule has 4 heteroatoms. The molecular formula is C16H18ClN3. The molecule has 0 saturated heterocycles. The molecule has 3 nitrogen and oxygen atoms in total. The third-order valence-corrected chi connectivity index (χ3v) is 3.55. The van der Waals surface area contributed by atoms with E-state index in [9.17, 15) is 0 Å². The van der Waals surface area contributed by atoms with Gasteiger partial charge in [0.15, 0.2) is 5.96 Å². The number of guanidine groups is 1. The molecule has 0 spiro atoms. The van der Waals surface area contributed by atoms with Gasteiger partial charge in [0, 0.05) is 25.8 Å². The molecule has 2 aromatic carbocycles. The first-order valence-corrected chi connectivity index (χ1v) is 6.45. The van der Waals surface area contributed by atoms with Crippen LogP contribution in [0.4, 0.5) is 5.69 Å². The number of nitrogens with one attached hydrogen (secondary N) is 1. The fourth-order valence-electron chi connectivity index (χ4n) is 2.51. The van der Waals surface area contributed by atoms with Crippen molar-refractivity contribution in [2.24, 2.45) is 0 Å². The van der Waals surface area contributed by atoms with Crippen LogP contribution in [-0.4, -0.2) is 17.9 Å². The minimum Gasteiger partial charge on any atom is -0.334 e. The predicted octanol–water partition coefficient (Wildman–Crippen LogP) is 3.50. The number of fused-ring (bicyclic) bond motifs is 1. The Morgan fingerprint density at radius 2 is 1.65 bits per heavy atom. The number of halogens is 1. The van der Waals surface area contributed by atoms with Gasteiger partial charge in [-0.15, -0.1) is 12.4 Å². The molecule has 0 radical (unpaired) electrons. The van der Waals surface area contributed by atoms with Crippen LogP contribution in [0.1, 0.15) is 11.1 Å². The van der Waals surface area contributed by atoms with Crippen LogP contribution in [0.15, 0.2) is 54.6 Å². The fourth-order valence-corrected chi connectivity index (χ4v) is 2.51. The monoisotopic (exact) mass is 287 g/mol. The first-order valence-electron chi connectivity index (χ1n) is 6.45. The van der Waals surface area contributed by atoms with Crippen molar-refractivity contribution in [3.05, 3.63) is 65.7 Å². The highest BCUT2D eigenvalue weighted by molar-refractivity contribution is 5.95. The Morgan fingerprint density at radius 3 is 2.40 bits per heavy atom. The van der Waals surface area contributed by atoms with E-state index < -0.39 is 0 Å². The van der Waals surface area contributed by atoms with Crippen molar-refractivity contribution < 1.29 is 0 Å². The number of anilines is 1. The van der Waals surface area contributed by atoms with Crippen molar-refractivity contribution >= 4 is 24.1 Å². The lowest BCUT2D eigenvalue weighted by atomic mass is 10.1. The molecule has 0 unspecified atom stereocenters. The molecule has 1 aliphatic heterocycles. The van der Waals surface area contributed by atoms with Gasteiger partial charge >= 0.3 is 0 Å². The highest BCUT2D eigenvalue weighted by Crippen LogP contribution is 2.27. The van der Waals surface area contributed by atoms with Gasteiger partial charge in [0.2, 0.25) is 0 Å². The van der Waals surface area contributed by atoms with Gasteiger partial charge in [-0.2, -0.15) is 0 Å². The van der Waals surface area contributed by atoms with E-state index in [1.807, 2.05) is 36.2 Å². The summed E-state index contributed by atoms with van der Waals surface area (Å²) in [5.74, 6) is 0.558. The smallest absolute Gasteiger partial charge is 0.198 e. The van der Waals surface area contributed by atoms with E-state index in [4.69, 9.17) is 5.41 Å². The van der Waals surface area contributed by atoms with Gasteiger partial charge in [0.1, 0.15) is 0 Å². The minimum absolute atomic E-state index is 0. The van der Waals surface area contributed by atoms with Gasteiger partial charge in [-0.05, 0) is 17.2 Å². The summed E-state index contributed by atoms with van der Waals surface area (Å²) < 4.78 is 0. The molecule has 3 rings (SSSR count). The molecular weight excluding hydrogens is 270 g/mol. The van der Waals surface area contributed by atoms with E-state index >= 15 is 0 Å². The van der Waals surface area contributed by atoms with Crippen LogP contribution in [0.25, 0.3) is 0 Å². The van der Waals surface area contributed by atoms with Crippen molar-refractivity contribution in [1.29, 1.82) is 5.41 Å². The Morgan fingerprint density at radius 1 is 1.00 bits per heavy atom. The molecule has 0 atom stereocenters. The van der Waals surface area contributed by atoms with Gasteiger partial charge in [0.25, 0.3) is 0 Å². The van der Waals surface area contributed by atoms with Crippen molar-refractivity contribution in [3.63, 3.8) is 0 Å². The average molecular weight is 288 g/mol. The Bertz CT molecular complexity index is 598. The number of rotatable bonds is 2. The zero-order valence-corrected chi connectivity index (χ0v) is 12.2. The molecule has 0 aliphatic carbocycles. The van der Waals surface area contributed by atoms with Crippen LogP contribution >= 0.6 is 12.4 Å². The maximum atomic E-state index is 8.28. The normalized spacial score (nSPS) is 13.8. The van der Waals surface area contributed by atoms with Crippen LogP contribution < -0.4 is 4.90 Å². The first-order chi connectivity index (χ1) is 9.25. The van der Waals surface area contributed by atoms with E-state index in [2.05, 4.69) is 35.2 Å². The Kier molecular flexibility index (Phi) is 4.30. The Labute approximate surface area is 125 Å². The quantitative estimate of drug-likeness (QED) is 0.916. The Hall–Kier alpha value is -2.00.